The van der Waals surface area contributed by atoms with Crippen molar-refractivity contribution in [3.05, 3.63) is 0 Å². The molecule has 0 aromatic carbocycles. The van der Waals surface area contributed by atoms with E-state index in [0.29, 0.717) is 26.4 Å². The van der Waals surface area contributed by atoms with E-state index in [0.717, 1.165) is 0 Å². The molecule has 1 rings (SSSR count). The zero-order chi connectivity index (χ0) is 9.95. The van der Waals surface area contributed by atoms with Gasteiger partial charge in [0, 0.05) is 18.6 Å². The SMILES string of the molecule is CCOC1(OCC)COCC1(C)C. The fourth-order valence-corrected chi connectivity index (χ4v) is 1.73. The maximum Gasteiger partial charge on any atom is 0.199 e. The summed E-state index contributed by atoms with van der Waals surface area (Å²) < 4.78 is 16.8. The quantitative estimate of drug-likeness (QED) is 0.630. The predicted molar refractivity (Wildman–Crippen MR) is 50.6 cm³/mol. The van der Waals surface area contributed by atoms with Gasteiger partial charge in [-0.05, 0) is 13.8 Å². The molecule has 1 fully saturated rings. The number of rotatable bonds is 4. The van der Waals surface area contributed by atoms with Crippen LogP contribution in [0.15, 0.2) is 0 Å². The Labute approximate surface area is 80.4 Å². The molecule has 0 saturated carbocycles. The highest BCUT2D eigenvalue weighted by Crippen LogP contribution is 2.41. The smallest absolute Gasteiger partial charge is 0.199 e. The van der Waals surface area contributed by atoms with Crippen LogP contribution in [0.3, 0.4) is 0 Å². The molecule has 0 aromatic heterocycles. The van der Waals surface area contributed by atoms with Gasteiger partial charge in [0.2, 0.25) is 0 Å². The lowest BCUT2D eigenvalue weighted by molar-refractivity contribution is -0.270. The van der Waals surface area contributed by atoms with E-state index >= 15 is 0 Å². The highest BCUT2D eigenvalue weighted by molar-refractivity contribution is 4.92. The fraction of sp³-hybridized carbons (Fsp3) is 1.00. The fourth-order valence-electron chi connectivity index (χ4n) is 1.73. The molecule has 13 heavy (non-hydrogen) atoms. The molecule has 0 N–H and O–H groups in total. The van der Waals surface area contributed by atoms with Crippen LogP contribution >= 0.6 is 0 Å². The molecule has 0 radical (unpaired) electrons. The summed E-state index contributed by atoms with van der Waals surface area (Å²) in [6.45, 7) is 10.8. The van der Waals surface area contributed by atoms with Crippen molar-refractivity contribution in [2.75, 3.05) is 26.4 Å². The van der Waals surface area contributed by atoms with Crippen molar-refractivity contribution >= 4 is 0 Å². The van der Waals surface area contributed by atoms with Crippen LogP contribution in [0.25, 0.3) is 0 Å². The van der Waals surface area contributed by atoms with Crippen LogP contribution in [0.2, 0.25) is 0 Å². The van der Waals surface area contributed by atoms with Crippen molar-refractivity contribution in [1.82, 2.24) is 0 Å². The highest BCUT2D eigenvalue weighted by atomic mass is 16.7. The second-order valence-corrected chi connectivity index (χ2v) is 4.00. The van der Waals surface area contributed by atoms with Gasteiger partial charge in [-0.2, -0.15) is 0 Å². The third-order valence-electron chi connectivity index (χ3n) is 2.54. The summed E-state index contributed by atoms with van der Waals surface area (Å²) >= 11 is 0. The Morgan fingerprint density at radius 1 is 1.08 bits per heavy atom. The Morgan fingerprint density at radius 2 is 1.62 bits per heavy atom. The van der Waals surface area contributed by atoms with Gasteiger partial charge in [0.15, 0.2) is 5.79 Å². The number of ether oxygens (including phenoxy) is 3. The predicted octanol–water partition coefficient (Wildman–Crippen LogP) is 1.81. The van der Waals surface area contributed by atoms with Crippen LogP contribution in [0.4, 0.5) is 0 Å². The monoisotopic (exact) mass is 188 g/mol. The van der Waals surface area contributed by atoms with Crippen molar-refractivity contribution in [3.63, 3.8) is 0 Å². The van der Waals surface area contributed by atoms with Crippen LogP contribution in [0.1, 0.15) is 27.7 Å². The summed E-state index contributed by atoms with van der Waals surface area (Å²) in [6, 6.07) is 0. The molecule has 0 aliphatic carbocycles. The minimum Gasteiger partial charge on any atom is -0.375 e. The van der Waals surface area contributed by atoms with Crippen LogP contribution in [0, 0.1) is 5.41 Å². The molecule has 1 heterocycles. The lowest BCUT2D eigenvalue weighted by Crippen LogP contribution is -2.48. The average molecular weight is 188 g/mol. The van der Waals surface area contributed by atoms with Crippen LogP contribution in [-0.4, -0.2) is 32.2 Å². The van der Waals surface area contributed by atoms with Crippen LogP contribution < -0.4 is 0 Å². The van der Waals surface area contributed by atoms with E-state index in [2.05, 4.69) is 13.8 Å². The third-order valence-corrected chi connectivity index (χ3v) is 2.54. The molecule has 1 aliphatic rings. The largest absolute Gasteiger partial charge is 0.375 e. The van der Waals surface area contributed by atoms with Gasteiger partial charge >= 0.3 is 0 Å². The maximum absolute atomic E-state index is 5.70. The van der Waals surface area contributed by atoms with Gasteiger partial charge in [-0.3, -0.25) is 0 Å². The Bertz CT molecular complexity index is 160. The van der Waals surface area contributed by atoms with Crippen molar-refractivity contribution in [3.8, 4) is 0 Å². The minimum atomic E-state index is -0.531. The molecule has 0 aromatic rings. The normalized spacial score (nSPS) is 24.9. The molecule has 0 unspecified atom stereocenters. The highest BCUT2D eigenvalue weighted by Gasteiger charge is 2.52. The van der Waals surface area contributed by atoms with Gasteiger partial charge in [0.1, 0.15) is 6.61 Å². The first-order valence-corrected chi connectivity index (χ1v) is 4.93. The molecule has 0 spiro atoms. The Kier molecular flexibility index (Phi) is 3.33. The average Bonchev–Trinajstić information content (AvgIpc) is 2.29. The Morgan fingerprint density at radius 3 is 1.92 bits per heavy atom. The number of hydrogen-bond donors (Lipinski definition) is 0. The summed E-state index contributed by atoms with van der Waals surface area (Å²) in [6.07, 6.45) is 0. The van der Waals surface area contributed by atoms with Crippen molar-refractivity contribution in [1.29, 1.82) is 0 Å². The van der Waals surface area contributed by atoms with Crippen molar-refractivity contribution in [2.24, 2.45) is 5.41 Å². The lowest BCUT2D eigenvalue weighted by atomic mass is 9.86. The first-order chi connectivity index (χ1) is 6.08. The molecular weight excluding hydrogens is 168 g/mol. The van der Waals surface area contributed by atoms with Gasteiger partial charge in [-0.1, -0.05) is 13.8 Å². The van der Waals surface area contributed by atoms with Crippen LogP contribution in [0.5, 0.6) is 0 Å². The summed E-state index contributed by atoms with van der Waals surface area (Å²) in [4.78, 5) is 0. The van der Waals surface area contributed by atoms with Gasteiger partial charge in [-0.15, -0.1) is 0 Å². The topological polar surface area (TPSA) is 27.7 Å². The van der Waals surface area contributed by atoms with E-state index in [1.807, 2.05) is 13.8 Å². The van der Waals surface area contributed by atoms with E-state index in [4.69, 9.17) is 14.2 Å². The summed E-state index contributed by atoms with van der Waals surface area (Å²) in [5.41, 5.74) is -0.0565. The standard InChI is InChI=1S/C10H20O3/c1-5-12-10(13-6-2)8-11-7-9(10,3)4/h5-8H2,1-4H3. The third kappa shape index (κ3) is 1.87. The second kappa shape index (κ2) is 3.95. The van der Waals surface area contributed by atoms with E-state index in [1.165, 1.54) is 0 Å². The first kappa shape index (κ1) is 11.0. The van der Waals surface area contributed by atoms with Crippen LogP contribution in [-0.2, 0) is 14.2 Å². The summed E-state index contributed by atoms with van der Waals surface area (Å²) in [5.74, 6) is -0.531. The molecule has 3 nitrogen and oxygen atoms in total. The number of hydrogen-bond acceptors (Lipinski definition) is 3. The Balaban J connectivity index is 2.75. The summed E-state index contributed by atoms with van der Waals surface area (Å²) in [7, 11) is 0. The van der Waals surface area contributed by atoms with E-state index in [-0.39, 0.29) is 5.41 Å². The molecule has 0 amide bonds. The minimum absolute atomic E-state index is 0.0565. The van der Waals surface area contributed by atoms with Gasteiger partial charge < -0.3 is 14.2 Å². The van der Waals surface area contributed by atoms with Crippen molar-refractivity contribution < 1.29 is 14.2 Å². The van der Waals surface area contributed by atoms with Gasteiger partial charge in [0.25, 0.3) is 0 Å². The molecule has 78 valence electrons. The molecule has 0 atom stereocenters. The molecule has 3 heteroatoms. The van der Waals surface area contributed by atoms with E-state index in [9.17, 15) is 0 Å². The first-order valence-electron chi connectivity index (χ1n) is 4.93. The molecule has 1 aliphatic heterocycles. The summed E-state index contributed by atoms with van der Waals surface area (Å²) in [5, 5.41) is 0. The van der Waals surface area contributed by atoms with Gasteiger partial charge in [0.05, 0.1) is 6.61 Å². The zero-order valence-corrected chi connectivity index (χ0v) is 9.05. The molecule has 0 bridgehead atoms. The second-order valence-electron chi connectivity index (χ2n) is 4.00. The molecule has 1 saturated heterocycles. The Hall–Kier alpha value is -0.120. The van der Waals surface area contributed by atoms with E-state index in [1.54, 1.807) is 0 Å². The molecular formula is C10H20O3. The maximum atomic E-state index is 5.70. The van der Waals surface area contributed by atoms with Crippen molar-refractivity contribution in [2.45, 2.75) is 33.5 Å². The lowest BCUT2D eigenvalue weighted by Gasteiger charge is -2.38. The van der Waals surface area contributed by atoms with Gasteiger partial charge in [-0.25, -0.2) is 0 Å². The van der Waals surface area contributed by atoms with E-state index < -0.39 is 5.79 Å². The zero-order valence-electron chi connectivity index (χ0n) is 9.05.